The Balaban J connectivity index is 1.52. The van der Waals surface area contributed by atoms with Gasteiger partial charge in [-0.3, -0.25) is 14.4 Å². The van der Waals surface area contributed by atoms with E-state index in [2.05, 4.69) is 5.32 Å². The van der Waals surface area contributed by atoms with Gasteiger partial charge >= 0.3 is 0 Å². The number of amides is 1. The molecule has 3 aromatic carbocycles. The fourth-order valence-corrected chi connectivity index (χ4v) is 7.51. The number of fused-ring (bicyclic) bond motifs is 6. The number of benzene rings is 3. The predicted molar refractivity (Wildman–Crippen MR) is 155 cm³/mol. The molecule has 3 aliphatic heterocycles. The first kappa shape index (κ1) is 25.0. The van der Waals surface area contributed by atoms with Crippen molar-refractivity contribution >= 4 is 40.6 Å². The van der Waals surface area contributed by atoms with Gasteiger partial charge < -0.3 is 15.0 Å². The molecule has 7 rings (SSSR count). The van der Waals surface area contributed by atoms with Crippen LogP contribution in [0.5, 0.6) is 5.75 Å². The number of Topliss-reactive ketones (excluding diaryl/α,β-unsaturated/α-hetero) is 2. The molecule has 0 saturated carbocycles. The SMILES string of the molecule is N#CCOc1ccccc1C(=O)[C@@H]1[C@H](C(=O)c2cccs2)[C@@]2(C(=O)Nc3ccccc32)[C@H]2c3ccccc3C=CN12. The van der Waals surface area contributed by atoms with E-state index >= 15 is 0 Å². The van der Waals surface area contributed by atoms with Gasteiger partial charge in [-0.15, -0.1) is 11.3 Å². The number of hydrogen-bond acceptors (Lipinski definition) is 7. The van der Waals surface area contributed by atoms with Crippen LogP contribution in [0, 0.1) is 17.2 Å². The fraction of sp³-hybridized carbons (Fsp3) is 0.152. The Morgan fingerprint density at radius 1 is 0.976 bits per heavy atom. The molecule has 0 unspecified atom stereocenters. The van der Waals surface area contributed by atoms with Crippen LogP contribution in [0.15, 0.2) is 96.5 Å². The van der Waals surface area contributed by atoms with Crippen molar-refractivity contribution in [2.24, 2.45) is 5.92 Å². The van der Waals surface area contributed by atoms with Crippen LogP contribution in [-0.4, -0.2) is 35.0 Å². The highest BCUT2D eigenvalue weighted by molar-refractivity contribution is 7.12. The maximum atomic E-state index is 14.7. The molecule has 1 N–H and O–H groups in total. The van der Waals surface area contributed by atoms with Crippen LogP contribution >= 0.6 is 11.3 Å². The largest absolute Gasteiger partial charge is 0.478 e. The van der Waals surface area contributed by atoms with E-state index in [0.717, 1.165) is 11.1 Å². The molecule has 0 bridgehead atoms. The van der Waals surface area contributed by atoms with E-state index in [4.69, 9.17) is 10.00 Å². The minimum absolute atomic E-state index is 0.230. The number of carbonyl (C=O) groups is 3. The number of thiophene rings is 1. The molecule has 41 heavy (non-hydrogen) atoms. The summed E-state index contributed by atoms with van der Waals surface area (Å²) in [6.07, 6.45) is 3.76. The van der Waals surface area contributed by atoms with E-state index in [1.807, 2.05) is 77.2 Å². The number of nitrogens with one attached hydrogen (secondary N) is 1. The molecule has 200 valence electrons. The van der Waals surface area contributed by atoms with E-state index in [9.17, 15) is 14.4 Å². The Hall–Kier alpha value is -5.00. The lowest BCUT2D eigenvalue weighted by Crippen LogP contribution is -2.49. The lowest BCUT2D eigenvalue weighted by molar-refractivity contribution is -0.122. The van der Waals surface area contributed by atoms with Gasteiger partial charge in [-0.1, -0.05) is 60.7 Å². The number of nitrogens with zero attached hydrogens (tertiary/aromatic N) is 2. The number of ether oxygens (including phenoxy) is 1. The van der Waals surface area contributed by atoms with Crippen molar-refractivity contribution in [2.75, 3.05) is 11.9 Å². The van der Waals surface area contributed by atoms with Gasteiger partial charge in [0.1, 0.15) is 23.3 Å². The first-order valence-electron chi connectivity index (χ1n) is 13.2. The number of nitriles is 1. The highest BCUT2D eigenvalue weighted by Gasteiger charge is 2.71. The van der Waals surface area contributed by atoms with Crippen molar-refractivity contribution in [3.63, 3.8) is 0 Å². The Morgan fingerprint density at radius 2 is 1.76 bits per heavy atom. The second-order valence-electron chi connectivity index (χ2n) is 10.2. The maximum Gasteiger partial charge on any atom is 0.238 e. The Kier molecular flexibility index (Phi) is 5.84. The molecule has 4 heterocycles. The monoisotopic (exact) mass is 557 g/mol. The van der Waals surface area contributed by atoms with Crippen molar-refractivity contribution in [2.45, 2.75) is 17.5 Å². The molecule has 4 atom stereocenters. The average Bonchev–Trinajstić information content (AvgIpc) is 3.72. The molecule has 8 heteroatoms. The third kappa shape index (κ3) is 3.52. The molecular weight excluding hydrogens is 534 g/mol. The second-order valence-corrected chi connectivity index (χ2v) is 11.2. The third-order valence-electron chi connectivity index (χ3n) is 8.33. The van der Waals surface area contributed by atoms with Gasteiger partial charge in [-0.2, -0.15) is 5.26 Å². The van der Waals surface area contributed by atoms with Gasteiger partial charge in [0.15, 0.2) is 18.2 Å². The van der Waals surface area contributed by atoms with Crippen molar-refractivity contribution in [3.8, 4) is 11.8 Å². The van der Waals surface area contributed by atoms with Gasteiger partial charge in [0.05, 0.1) is 22.4 Å². The van der Waals surface area contributed by atoms with Gasteiger partial charge in [0, 0.05) is 11.9 Å². The molecule has 1 aromatic heterocycles. The summed E-state index contributed by atoms with van der Waals surface area (Å²) in [6, 6.07) is 25.8. The second kappa shape index (κ2) is 9.58. The molecule has 0 radical (unpaired) electrons. The zero-order valence-electron chi connectivity index (χ0n) is 21.7. The van der Waals surface area contributed by atoms with E-state index in [1.165, 1.54) is 11.3 Å². The topological polar surface area (TPSA) is 99.5 Å². The first-order chi connectivity index (χ1) is 20.1. The number of hydrogen-bond donors (Lipinski definition) is 1. The maximum absolute atomic E-state index is 14.7. The Morgan fingerprint density at radius 3 is 2.59 bits per heavy atom. The van der Waals surface area contributed by atoms with Gasteiger partial charge in [-0.05, 0) is 52.4 Å². The summed E-state index contributed by atoms with van der Waals surface area (Å²) in [7, 11) is 0. The Bertz CT molecular complexity index is 1790. The van der Waals surface area contributed by atoms with Crippen LogP contribution in [0.3, 0.4) is 0 Å². The van der Waals surface area contributed by atoms with Crippen LogP contribution in [0.25, 0.3) is 6.08 Å². The highest BCUT2D eigenvalue weighted by atomic mass is 32.1. The third-order valence-corrected chi connectivity index (χ3v) is 9.21. The summed E-state index contributed by atoms with van der Waals surface area (Å²) in [5.41, 5.74) is 2.00. The molecule has 1 fully saturated rings. The normalized spacial score (nSPS) is 23.3. The van der Waals surface area contributed by atoms with Crippen molar-refractivity contribution in [1.29, 1.82) is 5.26 Å². The first-order valence-corrected chi connectivity index (χ1v) is 14.1. The molecule has 7 nitrogen and oxygen atoms in total. The number of carbonyl (C=O) groups excluding carboxylic acids is 3. The molecule has 1 saturated heterocycles. The summed E-state index contributed by atoms with van der Waals surface area (Å²) in [5, 5.41) is 14.0. The quantitative estimate of drug-likeness (QED) is 0.309. The van der Waals surface area contributed by atoms with Gasteiger partial charge in [0.25, 0.3) is 0 Å². The highest BCUT2D eigenvalue weighted by Crippen LogP contribution is 2.62. The molecule has 4 aromatic rings. The zero-order valence-corrected chi connectivity index (χ0v) is 22.5. The van der Waals surface area contributed by atoms with Crippen molar-refractivity contribution in [3.05, 3.63) is 124 Å². The minimum atomic E-state index is -1.39. The average molecular weight is 558 g/mol. The fourth-order valence-electron chi connectivity index (χ4n) is 6.81. The molecular formula is C33H23N3O4S. The van der Waals surface area contributed by atoms with Gasteiger partial charge in [-0.25, -0.2) is 0 Å². The lowest BCUT2D eigenvalue weighted by atomic mass is 9.63. The van der Waals surface area contributed by atoms with Crippen LogP contribution < -0.4 is 10.1 Å². The number of para-hydroxylation sites is 2. The van der Waals surface area contributed by atoms with Crippen LogP contribution in [0.2, 0.25) is 0 Å². The molecule has 0 aliphatic carbocycles. The molecule has 1 amide bonds. The molecule has 1 spiro atoms. The van der Waals surface area contributed by atoms with Crippen LogP contribution in [-0.2, 0) is 10.2 Å². The van der Waals surface area contributed by atoms with Crippen LogP contribution in [0.1, 0.15) is 42.8 Å². The summed E-state index contributed by atoms with van der Waals surface area (Å²) in [4.78, 5) is 46.2. The minimum Gasteiger partial charge on any atom is -0.478 e. The van der Waals surface area contributed by atoms with E-state index in [-0.39, 0.29) is 35.4 Å². The predicted octanol–water partition coefficient (Wildman–Crippen LogP) is 5.63. The zero-order chi connectivity index (χ0) is 28.1. The summed E-state index contributed by atoms with van der Waals surface area (Å²) in [5.74, 6) is -1.71. The summed E-state index contributed by atoms with van der Waals surface area (Å²) < 4.78 is 5.64. The number of rotatable bonds is 6. The number of ketones is 2. The van der Waals surface area contributed by atoms with Crippen LogP contribution in [0.4, 0.5) is 5.69 Å². The van der Waals surface area contributed by atoms with E-state index in [1.54, 1.807) is 36.4 Å². The standard InChI is InChI=1S/C33H23N3O4S/c34-16-18-40-25-13-6-3-10-22(25)29(37)28-27(30(38)26-14-7-19-41-26)33(23-11-4-5-12-24(23)35-32(33)39)31-21-9-2-1-8-20(21)15-17-36(28)31/h1-15,17,19,27-28,31H,18H2,(H,35,39)/t27-,28+,31-,33-/m1/s1. The lowest BCUT2D eigenvalue weighted by Gasteiger charge is -2.38. The van der Waals surface area contributed by atoms with E-state index < -0.39 is 23.4 Å². The smallest absolute Gasteiger partial charge is 0.238 e. The van der Waals surface area contributed by atoms with Crippen molar-refractivity contribution in [1.82, 2.24) is 4.90 Å². The summed E-state index contributed by atoms with van der Waals surface area (Å²) >= 11 is 1.30. The summed E-state index contributed by atoms with van der Waals surface area (Å²) in [6.45, 7) is -0.230. The Labute approximate surface area is 240 Å². The van der Waals surface area contributed by atoms with Crippen molar-refractivity contribution < 1.29 is 19.1 Å². The number of anilines is 1. The molecule has 3 aliphatic rings. The van der Waals surface area contributed by atoms with E-state index in [0.29, 0.717) is 16.1 Å². The van der Waals surface area contributed by atoms with Gasteiger partial charge in [0.2, 0.25) is 5.91 Å².